The number of hydrogen-bond acceptors (Lipinski definition) is 6. The van der Waals surface area contributed by atoms with Gasteiger partial charge in [-0.3, -0.25) is 10.1 Å². The maximum absolute atomic E-state index is 11.2. The minimum atomic E-state index is -0.528. The monoisotopic (exact) mass is 337 g/mol. The zero-order chi connectivity index (χ0) is 17.8. The second-order valence-corrected chi connectivity index (χ2v) is 5.17. The van der Waals surface area contributed by atoms with E-state index < -0.39 is 4.92 Å². The molecule has 0 bridgehead atoms. The fraction of sp³-hybridized carbons (Fsp3) is 0.111. The molecule has 7 nitrogen and oxygen atoms in total. The third-order valence-corrected chi connectivity index (χ3v) is 3.60. The Bertz CT molecular complexity index is 970. The first-order valence-electron chi connectivity index (χ1n) is 7.64. The fourth-order valence-electron chi connectivity index (χ4n) is 2.48. The summed E-state index contributed by atoms with van der Waals surface area (Å²) in [5, 5.41) is 31.1. The van der Waals surface area contributed by atoms with Crippen LogP contribution in [0, 0.1) is 10.1 Å². The van der Waals surface area contributed by atoms with Gasteiger partial charge in [-0.15, -0.1) is 10.2 Å². The summed E-state index contributed by atoms with van der Waals surface area (Å²) in [6.45, 7) is 1.99. The van der Waals surface area contributed by atoms with E-state index in [-0.39, 0.29) is 29.5 Å². The van der Waals surface area contributed by atoms with Crippen molar-refractivity contribution in [3.8, 4) is 11.5 Å². The summed E-state index contributed by atoms with van der Waals surface area (Å²) in [5.74, 6) is 0.0318. The third-order valence-electron chi connectivity index (χ3n) is 3.60. The van der Waals surface area contributed by atoms with Crippen LogP contribution < -0.4 is 4.74 Å². The summed E-state index contributed by atoms with van der Waals surface area (Å²) in [6, 6.07) is 15.2. The van der Waals surface area contributed by atoms with E-state index in [0.29, 0.717) is 5.69 Å². The molecule has 25 heavy (non-hydrogen) atoms. The molecule has 0 unspecified atom stereocenters. The Labute approximate surface area is 143 Å². The molecule has 0 aliphatic carbocycles. The number of azo groups is 1. The normalized spacial score (nSPS) is 11.1. The van der Waals surface area contributed by atoms with Gasteiger partial charge in [0.05, 0.1) is 11.5 Å². The number of benzene rings is 3. The zero-order valence-electron chi connectivity index (χ0n) is 13.4. The van der Waals surface area contributed by atoms with Gasteiger partial charge in [0.1, 0.15) is 17.1 Å². The SMILES string of the molecule is CCOc1c(N=Nc2c(O)ccc3ccccc23)cccc1[N+](=O)[O-]. The first-order chi connectivity index (χ1) is 12.1. The Morgan fingerprint density at radius 1 is 1.08 bits per heavy atom. The molecule has 0 spiro atoms. The standard InChI is InChI=1S/C18H15N3O4/c1-2-25-18-14(8-5-9-15(18)21(23)24)19-20-17-13-7-4-3-6-12(13)10-11-16(17)22/h3-11,22H,2H2,1H3. The van der Waals surface area contributed by atoms with Crippen molar-refractivity contribution in [2.75, 3.05) is 6.61 Å². The van der Waals surface area contributed by atoms with Gasteiger partial charge in [-0.25, -0.2) is 0 Å². The molecule has 0 fully saturated rings. The molecule has 0 atom stereocenters. The lowest BCUT2D eigenvalue weighted by Crippen LogP contribution is -1.97. The van der Waals surface area contributed by atoms with E-state index in [1.807, 2.05) is 24.3 Å². The number of nitro groups is 1. The van der Waals surface area contributed by atoms with Crippen LogP contribution in [0.4, 0.5) is 17.1 Å². The molecule has 3 aromatic carbocycles. The summed E-state index contributed by atoms with van der Waals surface area (Å²) in [7, 11) is 0. The number of aromatic hydroxyl groups is 1. The number of nitrogens with zero attached hydrogens (tertiary/aromatic N) is 3. The number of hydrogen-bond donors (Lipinski definition) is 1. The van der Waals surface area contributed by atoms with E-state index >= 15 is 0 Å². The largest absolute Gasteiger partial charge is 0.506 e. The average molecular weight is 337 g/mol. The Balaban J connectivity index is 2.11. The molecule has 0 radical (unpaired) electrons. The number of nitro benzene ring substituents is 1. The molecular weight excluding hydrogens is 322 g/mol. The van der Waals surface area contributed by atoms with Gasteiger partial charge in [0.15, 0.2) is 0 Å². The second kappa shape index (κ2) is 6.96. The van der Waals surface area contributed by atoms with Crippen molar-refractivity contribution in [2.24, 2.45) is 10.2 Å². The fourth-order valence-corrected chi connectivity index (χ4v) is 2.48. The van der Waals surface area contributed by atoms with E-state index in [2.05, 4.69) is 10.2 Å². The predicted molar refractivity (Wildman–Crippen MR) is 94.1 cm³/mol. The molecule has 0 amide bonds. The van der Waals surface area contributed by atoms with Crippen LogP contribution in [0.3, 0.4) is 0 Å². The number of para-hydroxylation sites is 1. The summed E-state index contributed by atoms with van der Waals surface area (Å²) in [4.78, 5) is 10.6. The third kappa shape index (κ3) is 3.25. The molecule has 7 heteroatoms. The molecule has 0 aliphatic rings. The highest BCUT2D eigenvalue weighted by molar-refractivity contribution is 5.95. The van der Waals surface area contributed by atoms with E-state index in [4.69, 9.17) is 4.74 Å². The molecule has 0 saturated carbocycles. The van der Waals surface area contributed by atoms with Crippen LogP contribution in [-0.2, 0) is 0 Å². The van der Waals surface area contributed by atoms with Crippen molar-refractivity contribution in [3.63, 3.8) is 0 Å². The van der Waals surface area contributed by atoms with Crippen LogP contribution in [0.2, 0.25) is 0 Å². The topological polar surface area (TPSA) is 97.3 Å². The highest BCUT2D eigenvalue weighted by Crippen LogP contribution is 2.40. The van der Waals surface area contributed by atoms with Gasteiger partial charge < -0.3 is 9.84 Å². The molecule has 0 aromatic heterocycles. The minimum absolute atomic E-state index is 0.0224. The molecule has 1 N–H and O–H groups in total. The Morgan fingerprint density at radius 3 is 2.64 bits per heavy atom. The first-order valence-corrected chi connectivity index (χ1v) is 7.64. The van der Waals surface area contributed by atoms with Crippen LogP contribution >= 0.6 is 0 Å². The molecule has 0 aliphatic heterocycles. The highest BCUT2D eigenvalue weighted by Gasteiger charge is 2.19. The lowest BCUT2D eigenvalue weighted by Gasteiger charge is -2.07. The first kappa shape index (κ1) is 16.4. The van der Waals surface area contributed by atoms with E-state index in [1.54, 1.807) is 19.1 Å². The lowest BCUT2D eigenvalue weighted by molar-refractivity contribution is -0.385. The summed E-state index contributed by atoms with van der Waals surface area (Å²) in [5.41, 5.74) is 0.343. The molecular formula is C18H15N3O4. The van der Waals surface area contributed by atoms with E-state index in [9.17, 15) is 15.2 Å². The van der Waals surface area contributed by atoms with Crippen molar-refractivity contribution >= 4 is 27.8 Å². The number of phenols is 1. The van der Waals surface area contributed by atoms with Gasteiger partial charge in [-0.2, -0.15) is 0 Å². The van der Waals surface area contributed by atoms with E-state index in [1.165, 1.54) is 18.2 Å². The van der Waals surface area contributed by atoms with Gasteiger partial charge in [-0.05, 0) is 24.4 Å². The van der Waals surface area contributed by atoms with Crippen LogP contribution in [0.15, 0.2) is 64.8 Å². The zero-order valence-corrected chi connectivity index (χ0v) is 13.4. The minimum Gasteiger partial charge on any atom is -0.506 e. The number of fused-ring (bicyclic) bond motifs is 1. The lowest BCUT2D eigenvalue weighted by atomic mass is 10.1. The molecule has 3 aromatic rings. The van der Waals surface area contributed by atoms with Crippen LogP contribution in [0.25, 0.3) is 10.8 Å². The summed E-state index contributed by atoms with van der Waals surface area (Å²) < 4.78 is 5.38. The number of ether oxygens (including phenoxy) is 1. The van der Waals surface area contributed by atoms with Crippen LogP contribution in [0.1, 0.15) is 6.92 Å². The predicted octanol–water partition coefficient (Wildman–Crippen LogP) is 5.27. The van der Waals surface area contributed by atoms with Gasteiger partial charge >= 0.3 is 5.69 Å². The number of rotatable bonds is 5. The average Bonchev–Trinajstić information content (AvgIpc) is 2.62. The van der Waals surface area contributed by atoms with Gasteiger partial charge in [0.25, 0.3) is 0 Å². The second-order valence-electron chi connectivity index (χ2n) is 5.17. The van der Waals surface area contributed by atoms with Gasteiger partial charge in [0, 0.05) is 11.5 Å². The smallest absolute Gasteiger partial charge is 0.313 e. The molecule has 3 rings (SSSR count). The maximum Gasteiger partial charge on any atom is 0.313 e. The summed E-state index contributed by atoms with van der Waals surface area (Å²) in [6.07, 6.45) is 0. The molecule has 0 heterocycles. The van der Waals surface area contributed by atoms with Crippen molar-refractivity contribution in [1.82, 2.24) is 0 Å². The number of phenolic OH excluding ortho intramolecular Hbond substituents is 1. The van der Waals surface area contributed by atoms with Crippen molar-refractivity contribution in [3.05, 3.63) is 64.7 Å². The van der Waals surface area contributed by atoms with Crippen molar-refractivity contribution in [1.29, 1.82) is 0 Å². The Hall–Kier alpha value is -3.48. The van der Waals surface area contributed by atoms with E-state index in [0.717, 1.165) is 10.8 Å². The quantitative estimate of drug-likeness (QED) is 0.389. The molecule has 126 valence electrons. The van der Waals surface area contributed by atoms with Gasteiger partial charge in [-0.1, -0.05) is 36.4 Å². The molecule has 0 saturated heterocycles. The van der Waals surface area contributed by atoms with Crippen LogP contribution in [-0.4, -0.2) is 16.6 Å². The van der Waals surface area contributed by atoms with Crippen molar-refractivity contribution < 1.29 is 14.8 Å². The maximum atomic E-state index is 11.2. The Morgan fingerprint density at radius 2 is 1.88 bits per heavy atom. The highest BCUT2D eigenvalue weighted by atomic mass is 16.6. The Kier molecular flexibility index (Phi) is 4.56. The summed E-state index contributed by atoms with van der Waals surface area (Å²) >= 11 is 0. The van der Waals surface area contributed by atoms with Crippen LogP contribution in [0.5, 0.6) is 11.5 Å². The van der Waals surface area contributed by atoms with Crippen molar-refractivity contribution in [2.45, 2.75) is 6.92 Å². The van der Waals surface area contributed by atoms with Gasteiger partial charge in [0.2, 0.25) is 5.75 Å².